The van der Waals surface area contributed by atoms with Gasteiger partial charge in [0.1, 0.15) is 11.7 Å². The van der Waals surface area contributed by atoms with Crippen molar-refractivity contribution in [3.8, 4) is 0 Å². The number of nitro benzene ring substituents is 1. The first-order chi connectivity index (χ1) is 11.4. The number of carbonyl (C=O) groups excluding carboxylic acids is 2. The number of nitrogens with one attached hydrogen (secondary N) is 3. The van der Waals surface area contributed by atoms with Gasteiger partial charge in [-0.3, -0.25) is 19.7 Å². The number of hydrogen-bond donors (Lipinski definition) is 3. The molecule has 1 atom stereocenters. The molecule has 0 radical (unpaired) electrons. The normalized spacial score (nSPS) is 14.6. The second-order valence-electron chi connectivity index (χ2n) is 5.89. The summed E-state index contributed by atoms with van der Waals surface area (Å²) < 4.78 is 0. The Kier molecular flexibility index (Phi) is 5.73. The summed E-state index contributed by atoms with van der Waals surface area (Å²) >= 11 is 0. The van der Waals surface area contributed by atoms with Gasteiger partial charge in [-0.2, -0.15) is 0 Å². The maximum absolute atomic E-state index is 12.2. The van der Waals surface area contributed by atoms with Crippen LogP contribution in [0.2, 0.25) is 0 Å². The minimum absolute atomic E-state index is 0.141. The summed E-state index contributed by atoms with van der Waals surface area (Å²) in [6.07, 6.45) is 2.78. The van der Waals surface area contributed by atoms with E-state index in [9.17, 15) is 19.7 Å². The smallest absolute Gasteiger partial charge is 0.293 e. The molecule has 2 rings (SSSR count). The molecular formula is C16H22N4O4. The molecule has 0 spiro atoms. The Morgan fingerprint density at radius 3 is 2.67 bits per heavy atom. The fourth-order valence-electron chi connectivity index (χ4n) is 2.14. The van der Waals surface area contributed by atoms with Gasteiger partial charge in [0, 0.05) is 24.2 Å². The highest BCUT2D eigenvalue weighted by Crippen LogP contribution is 2.31. The molecule has 1 aromatic carbocycles. The summed E-state index contributed by atoms with van der Waals surface area (Å²) in [4.78, 5) is 34.7. The van der Waals surface area contributed by atoms with Crippen molar-refractivity contribution in [3.05, 3.63) is 33.9 Å². The Balaban J connectivity index is 2.07. The number of carbonyl (C=O) groups is 2. The van der Waals surface area contributed by atoms with Crippen LogP contribution >= 0.6 is 0 Å². The van der Waals surface area contributed by atoms with E-state index < -0.39 is 16.9 Å². The highest BCUT2D eigenvalue weighted by Gasteiger charge is 2.26. The van der Waals surface area contributed by atoms with Gasteiger partial charge in [0.25, 0.3) is 11.6 Å². The van der Waals surface area contributed by atoms with Gasteiger partial charge in [-0.1, -0.05) is 6.92 Å². The zero-order valence-electron chi connectivity index (χ0n) is 13.8. The Morgan fingerprint density at radius 1 is 1.38 bits per heavy atom. The van der Waals surface area contributed by atoms with E-state index in [2.05, 4.69) is 16.0 Å². The second-order valence-corrected chi connectivity index (χ2v) is 5.89. The number of anilines is 1. The fraction of sp³-hybridized carbons (Fsp3) is 0.500. The van der Waals surface area contributed by atoms with Crippen molar-refractivity contribution < 1.29 is 14.5 Å². The number of amides is 2. The average Bonchev–Trinajstić information content (AvgIpc) is 3.36. The molecule has 1 aliphatic rings. The summed E-state index contributed by atoms with van der Waals surface area (Å²) in [7, 11) is 0. The van der Waals surface area contributed by atoms with Gasteiger partial charge in [0.15, 0.2) is 0 Å². The summed E-state index contributed by atoms with van der Waals surface area (Å²) in [5, 5.41) is 19.5. The molecule has 0 heterocycles. The number of nitrogens with zero attached hydrogens (tertiary/aromatic N) is 1. The predicted molar refractivity (Wildman–Crippen MR) is 90.0 cm³/mol. The molecule has 2 amide bonds. The van der Waals surface area contributed by atoms with Crippen molar-refractivity contribution in [3.63, 3.8) is 0 Å². The van der Waals surface area contributed by atoms with E-state index in [1.165, 1.54) is 18.2 Å². The molecule has 8 heteroatoms. The molecule has 0 bridgehead atoms. The van der Waals surface area contributed by atoms with Crippen LogP contribution in [0.5, 0.6) is 0 Å². The maximum Gasteiger partial charge on any atom is 0.293 e. The maximum atomic E-state index is 12.2. The van der Waals surface area contributed by atoms with Crippen LogP contribution in [0.25, 0.3) is 0 Å². The molecule has 8 nitrogen and oxygen atoms in total. The third-order valence-corrected chi connectivity index (χ3v) is 3.68. The van der Waals surface area contributed by atoms with E-state index in [0.717, 1.165) is 19.3 Å². The molecule has 0 aromatic heterocycles. The lowest BCUT2D eigenvalue weighted by atomic mass is 10.1. The van der Waals surface area contributed by atoms with Gasteiger partial charge < -0.3 is 16.0 Å². The minimum atomic E-state index is -0.715. The third-order valence-electron chi connectivity index (χ3n) is 3.68. The molecule has 1 aliphatic carbocycles. The SMILES string of the molecule is CCCNC(=O)C(C)NC(=O)c1ccc(NC2CC2)c([N+](=O)[O-])c1. The van der Waals surface area contributed by atoms with Crippen LogP contribution in [0.15, 0.2) is 18.2 Å². The molecule has 1 aromatic rings. The van der Waals surface area contributed by atoms with E-state index in [0.29, 0.717) is 12.2 Å². The van der Waals surface area contributed by atoms with Crippen molar-refractivity contribution in [1.82, 2.24) is 10.6 Å². The van der Waals surface area contributed by atoms with Crippen LogP contribution in [-0.2, 0) is 4.79 Å². The van der Waals surface area contributed by atoms with Crippen LogP contribution in [0.3, 0.4) is 0 Å². The number of rotatable bonds is 8. The first-order valence-corrected chi connectivity index (χ1v) is 8.06. The molecule has 24 heavy (non-hydrogen) atoms. The highest BCUT2D eigenvalue weighted by molar-refractivity contribution is 5.98. The first-order valence-electron chi connectivity index (χ1n) is 8.06. The predicted octanol–water partition coefficient (Wildman–Crippen LogP) is 1.81. The Hall–Kier alpha value is -2.64. The third kappa shape index (κ3) is 4.68. The fourth-order valence-corrected chi connectivity index (χ4v) is 2.14. The minimum Gasteiger partial charge on any atom is -0.377 e. The molecular weight excluding hydrogens is 312 g/mol. The van der Waals surface area contributed by atoms with Crippen molar-refractivity contribution in [2.45, 2.75) is 45.2 Å². The van der Waals surface area contributed by atoms with Gasteiger partial charge in [-0.25, -0.2) is 0 Å². The van der Waals surface area contributed by atoms with Crippen molar-refractivity contribution >= 4 is 23.2 Å². The topological polar surface area (TPSA) is 113 Å². The number of benzene rings is 1. The van der Waals surface area contributed by atoms with Gasteiger partial charge in [-0.05, 0) is 38.3 Å². The average molecular weight is 334 g/mol. The molecule has 3 N–H and O–H groups in total. The summed E-state index contributed by atoms with van der Waals surface area (Å²) in [5.74, 6) is -0.804. The van der Waals surface area contributed by atoms with Gasteiger partial charge in [-0.15, -0.1) is 0 Å². The highest BCUT2D eigenvalue weighted by atomic mass is 16.6. The van der Waals surface area contributed by atoms with Crippen LogP contribution in [0.4, 0.5) is 11.4 Å². The largest absolute Gasteiger partial charge is 0.377 e. The molecule has 1 saturated carbocycles. The van der Waals surface area contributed by atoms with Crippen LogP contribution in [0.1, 0.15) is 43.5 Å². The molecule has 0 aliphatic heterocycles. The van der Waals surface area contributed by atoms with E-state index >= 15 is 0 Å². The molecule has 1 fully saturated rings. The first kappa shape index (κ1) is 17.7. The number of nitro groups is 1. The van der Waals surface area contributed by atoms with Crippen LogP contribution < -0.4 is 16.0 Å². The van der Waals surface area contributed by atoms with Crippen molar-refractivity contribution in [1.29, 1.82) is 0 Å². The quantitative estimate of drug-likeness (QED) is 0.496. The van der Waals surface area contributed by atoms with Gasteiger partial charge in [0.2, 0.25) is 5.91 Å². The Labute approximate surface area is 140 Å². The van der Waals surface area contributed by atoms with Gasteiger partial charge in [0.05, 0.1) is 4.92 Å². The molecule has 1 unspecified atom stereocenters. The van der Waals surface area contributed by atoms with Crippen molar-refractivity contribution in [2.75, 3.05) is 11.9 Å². The van der Waals surface area contributed by atoms with E-state index in [1.807, 2.05) is 6.92 Å². The summed E-state index contributed by atoms with van der Waals surface area (Å²) in [6, 6.07) is 3.84. The lowest BCUT2D eigenvalue weighted by Gasteiger charge is -2.14. The Bertz CT molecular complexity index is 643. The summed E-state index contributed by atoms with van der Waals surface area (Å²) in [5.41, 5.74) is 0.420. The molecule has 0 saturated heterocycles. The van der Waals surface area contributed by atoms with E-state index in [1.54, 1.807) is 6.92 Å². The van der Waals surface area contributed by atoms with Gasteiger partial charge >= 0.3 is 0 Å². The van der Waals surface area contributed by atoms with Crippen molar-refractivity contribution in [2.24, 2.45) is 0 Å². The molecule has 130 valence electrons. The lowest BCUT2D eigenvalue weighted by molar-refractivity contribution is -0.384. The Morgan fingerprint density at radius 2 is 2.08 bits per heavy atom. The lowest BCUT2D eigenvalue weighted by Crippen LogP contribution is -2.45. The van der Waals surface area contributed by atoms with E-state index in [-0.39, 0.29) is 23.2 Å². The standard InChI is InChI=1S/C16H22N4O4/c1-3-8-17-15(21)10(2)18-16(22)11-4-7-13(19-12-5-6-12)14(9-11)20(23)24/h4,7,9-10,12,19H,3,5-6,8H2,1-2H3,(H,17,21)(H,18,22). The van der Waals surface area contributed by atoms with E-state index in [4.69, 9.17) is 0 Å². The van der Waals surface area contributed by atoms with Crippen LogP contribution in [0, 0.1) is 10.1 Å². The van der Waals surface area contributed by atoms with Crippen LogP contribution in [-0.4, -0.2) is 35.4 Å². The number of hydrogen-bond acceptors (Lipinski definition) is 5. The monoisotopic (exact) mass is 334 g/mol. The summed E-state index contributed by atoms with van der Waals surface area (Å²) in [6.45, 7) is 4.03. The zero-order chi connectivity index (χ0) is 17.7. The zero-order valence-corrected chi connectivity index (χ0v) is 13.8. The second kappa shape index (κ2) is 7.76.